The van der Waals surface area contributed by atoms with Crippen LogP contribution >= 0.6 is 46.3 Å². The number of fused-ring (bicyclic) bond motifs is 3. The largest absolute Gasteiger partial charge is 0.497 e. The topological polar surface area (TPSA) is 73.2 Å². The van der Waals surface area contributed by atoms with E-state index >= 15 is 0 Å². The van der Waals surface area contributed by atoms with Gasteiger partial charge in [0.15, 0.2) is 5.16 Å². The fourth-order valence-corrected chi connectivity index (χ4v) is 7.09. The van der Waals surface area contributed by atoms with Crippen molar-refractivity contribution in [3.05, 3.63) is 72.8 Å². The monoisotopic (exact) mass is 573 g/mol. The minimum Gasteiger partial charge on any atom is -0.497 e. The molecule has 1 amide bonds. The van der Waals surface area contributed by atoms with Gasteiger partial charge in [-0.1, -0.05) is 53.5 Å². The average molecular weight is 575 g/mol. The minimum absolute atomic E-state index is 0.0214. The number of thioether (sulfide) groups is 1. The molecule has 0 aliphatic heterocycles. The first-order chi connectivity index (χ1) is 17.9. The van der Waals surface area contributed by atoms with Crippen LogP contribution in [-0.2, 0) is 17.6 Å². The van der Waals surface area contributed by atoms with Crippen molar-refractivity contribution < 1.29 is 9.53 Å². The van der Waals surface area contributed by atoms with Gasteiger partial charge in [0.2, 0.25) is 5.91 Å². The van der Waals surface area contributed by atoms with Crippen molar-refractivity contribution >= 4 is 68.1 Å². The lowest BCUT2D eigenvalue weighted by atomic mass is 10.1. The van der Waals surface area contributed by atoms with E-state index in [-0.39, 0.29) is 17.2 Å². The molecule has 0 saturated heterocycles. The van der Waals surface area contributed by atoms with Crippen LogP contribution in [0.3, 0.4) is 0 Å². The number of methoxy groups -OCH3 is 1. The zero-order valence-corrected chi connectivity index (χ0v) is 23.5. The molecule has 0 atom stereocenters. The quantitative estimate of drug-likeness (QED) is 0.152. The molecule has 10 heteroatoms. The lowest BCUT2D eigenvalue weighted by Crippen LogP contribution is -2.23. The van der Waals surface area contributed by atoms with Crippen LogP contribution in [0.4, 0.5) is 5.69 Å². The Balaban J connectivity index is 1.54. The normalized spacial score (nSPS) is 13.3. The van der Waals surface area contributed by atoms with Crippen LogP contribution in [-0.4, -0.2) is 28.3 Å². The summed E-state index contributed by atoms with van der Waals surface area (Å²) in [6, 6.07) is 10.8. The molecule has 2 aromatic carbocycles. The van der Waals surface area contributed by atoms with Gasteiger partial charge in [0.25, 0.3) is 5.56 Å². The highest BCUT2D eigenvalue weighted by molar-refractivity contribution is 7.99. The van der Waals surface area contributed by atoms with Crippen molar-refractivity contribution in [2.45, 2.75) is 44.2 Å². The summed E-state index contributed by atoms with van der Waals surface area (Å²) in [7, 11) is 1.59. The van der Waals surface area contributed by atoms with Crippen LogP contribution in [0.25, 0.3) is 15.9 Å². The number of rotatable bonds is 6. The molecule has 0 spiro atoms. The van der Waals surface area contributed by atoms with Crippen LogP contribution in [0.1, 0.15) is 35.3 Å². The summed E-state index contributed by atoms with van der Waals surface area (Å²) in [6.45, 7) is 1.84. The van der Waals surface area contributed by atoms with Crippen LogP contribution in [0, 0.1) is 6.92 Å². The summed E-state index contributed by atoms with van der Waals surface area (Å²) >= 11 is 15.4. The van der Waals surface area contributed by atoms with Gasteiger partial charge in [0.1, 0.15) is 10.6 Å². The molecule has 0 bridgehead atoms. The highest BCUT2D eigenvalue weighted by atomic mass is 35.5. The van der Waals surface area contributed by atoms with Gasteiger partial charge >= 0.3 is 0 Å². The zero-order chi connectivity index (χ0) is 26.1. The van der Waals surface area contributed by atoms with E-state index in [9.17, 15) is 9.59 Å². The number of nitrogens with zero attached hydrogens (tertiary/aromatic N) is 2. The van der Waals surface area contributed by atoms with E-state index in [1.807, 2.05) is 25.1 Å². The molecule has 0 radical (unpaired) electrons. The Morgan fingerprint density at radius 2 is 2.00 bits per heavy atom. The molecule has 1 aliphatic rings. The highest BCUT2D eigenvalue weighted by Crippen LogP contribution is 2.36. The Morgan fingerprint density at radius 3 is 2.81 bits per heavy atom. The van der Waals surface area contributed by atoms with E-state index in [0.29, 0.717) is 37.7 Å². The number of anilines is 1. The van der Waals surface area contributed by atoms with E-state index in [1.165, 1.54) is 23.1 Å². The average Bonchev–Trinajstić information content (AvgIpc) is 3.08. The SMILES string of the molecule is COc1cccc(-n2c(SCC(=O)Nc3c(Cl)ccc(C)c3Cl)nc3sc4c(c3c2=O)CCCCC4)c1. The van der Waals surface area contributed by atoms with E-state index in [4.69, 9.17) is 32.9 Å². The zero-order valence-electron chi connectivity index (χ0n) is 20.4. The smallest absolute Gasteiger partial charge is 0.267 e. The van der Waals surface area contributed by atoms with Crippen molar-refractivity contribution in [1.29, 1.82) is 0 Å². The van der Waals surface area contributed by atoms with Gasteiger partial charge in [-0.2, -0.15) is 0 Å². The predicted molar refractivity (Wildman–Crippen MR) is 154 cm³/mol. The molecule has 4 aromatic rings. The van der Waals surface area contributed by atoms with Crippen LogP contribution in [0.5, 0.6) is 5.75 Å². The second-order valence-corrected chi connectivity index (χ2v) is 11.7. The maximum absolute atomic E-state index is 14.0. The number of aromatic nitrogens is 2. The first-order valence-electron chi connectivity index (χ1n) is 12.0. The van der Waals surface area contributed by atoms with E-state index < -0.39 is 0 Å². The maximum Gasteiger partial charge on any atom is 0.267 e. The second kappa shape index (κ2) is 11.1. The fraction of sp³-hybridized carbons (Fsp3) is 0.296. The number of thiophene rings is 1. The number of carbonyl (C=O) groups is 1. The van der Waals surface area contributed by atoms with Crippen molar-refractivity contribution in [2.24, 2.45) is 0 Å². The first-order valence-corrected chi connectivity index (χ1v) is 14.5. The molecule has 0 unspecified atom stereocenters. The number of aryl methyl sites for hydroxylation is 3. The molecule has 1 N–H and O–H groups in total. The lowest BCUT2D eigenvalue weighted by molar-refractivity contribution is -0.113. The number of halogens is 2. The van der Waals surface area contributed by atoms with Gasteiger partial charge in [-0.15, -0.1) is 11.3 Å². The lowest BCUT2D eigenvalue weighted by Gasteiger charge is -2.14. The van der Waals surface area contributed by atoms with Crippen LogP contribution in [0.15, 0.2) is 46.3 Å². The summed E-state index contributed by atoms with van der Waals surface area (Å²) in [4.78, 5) is 33.8. The van der Waals surface area contributed by atoms with Gasteiger partial charge in [-0.3, -0.25) is 14.2 Å². The number of hydrogen-bond acceptors (Lipinski definition) is 6. The fourth-order valence-electron chi connectivity index (χ4n) is 4.51. The number of hydrogen-bond donors (Lipinski definition) is 1. The Morgan fingerprint density at radius 1 is 1.19 bits per heavy atom. The van der Waals surface area contributed by atoms with Crippen LogP contribution < -0.4 is 15.6 Å². The summed E-state index contributed by atoms with van der Waals surface area (Å²) < 4.78 is 6.99. The highest BCUT2D eigenvalue weighted by Gasteiger charge is 2.23. The van der Waals surface area contributed by atoms with Crippen molar-refractivity contribution in [2.75, 3.05) is 18.2 Å². The predicted octanol–water partition coefficient (Wildman–Crippen LogP) is 7.07. The molecule has 0 saturated carbocycles. The molecule has 5 rings (SSSR count). The standard InChI is InChI=1S/C27H25Cl2N3O3S2/c1-15-11-12-19(28)24(23(15)29)30-21(33)14-36-27-31-25-22(18-9-4-3-5-10-20(18)37-25)26(34)32(27)16-7-6-8-17(13-16)35-2/h6-8,11-13H,3-5,9-10,14H2,1-2H3,(H,30,33). The number of amides is 1. The van der Waals surface area contributed by atoms with Crippen LogP contribution in [0.2, 0.25) is 10.0 Å². The number of ether oxygens (including phenoxy) is 1. The summed E-state index contributed by atoms with van der Waals surface area (Å²) in [5, 5.41) is 4.71. The Bertz CT molecular complexity index is 1570. The summed E-state index contributed by atoms with van der Waals surface area (Å²) in [6.07, 6.45) is 5.21. The van der Waals surface area contributed by atoms with E-state index in [2.05, 4.69) is 5.32 Å². The molecule has 0 fully saturated rings. The van der Waals surface area contributed by atoms with E-state index in [0.717, 1.165) is 41.6 Å². The van der Waals surface area contributed by atoms with Gasteiger partial charge in [-0.05, 0) is 61.9 Å². The molecule has 37 heavy (non-hydrogen) atoms. The Hall–Kier alpha value is -2.52. The Labute approximate surface area is 233 Å². The summed E-state index contributed by atoms with van der Waals surface area (Å²) in [5.41, 5.74) is 2.84. The molecular formula is C27H25Cl2N3O3S2. The van der Waals surface area contributed by atoms with Gasteiger partial charge in [0, 0.05) is 10.9 Å². The van der Waals surface area contributed by atoms with E-state index in [1.54, 1.807) is 41.2 Å². The maximum atomic E-state index is 14.0. The second-order valence-electron chi connectivity index (χ2n) is 8.87. The number of benzene rings is 2. The molecule has 192 valence electrons. The third-order valence-electron chi connectivity index (χ3n) is 6.40. The molecule has 1 aliphatic carbocycles. The van der Waals surface area contributed by atoms with Crippen molar-refractivity contribution in [3.63, 3.8) is 0 Å². The number of carbonyl (C=O) groups excluding carboxylic acids is 1. The van der Waals surface area contributed by atoms with Gasteiger partial charge < -0.3 is 10.1 Å². The molecule has 2 aromatic heterocycles. The first kappa shape index (κ1) is 26.1. The third-order valence-corrected chi connectivity index (χ3v) is 9.33. The minimum atomic E-state index is -0.298. The molecule has 6 nitrogen and oxygen atoms in total. The van der Waals surface area contributed by atoms with Crippen molar-refractivity contribution in [1.82, 2.24) is 9.55 Å². The molecular weight excluding hydrogens is 549 g/mol. The summed E-state index contributed by atoms with van der Waals surface area (Å²) in [5.74, 6) is 0.354. The van der Waals surface area contributed by atoms with Gasteiger partial charge in [-0.25, -0.2) is 4.98 Å². The third kappa shape index (κ3) is 5.25. The Kier molecular flexibility index (Phi) is 7.81. The van der Waals surface area contributed by atoms with Crippen molar-refractivity contribution in [3.8, 4) is 11.4 Å². The number of nitrogens with one attached hydrogen (secondary N) is 1. The molecule has 2 heterocycles. The van der Waals surface area contributed by atoms with Gasteiger partial charge in [0.05, 0.1) is 39.7 Å².